The molecule has 0 aliphatic heterocycles. The van der Waals surface area contributed by atoms with E-state index in [1.54, 1.807) is 27.7 Å². The summed E-state index contributed by atoms with van der Waals surface area (Å²) in [6.07, 6.45) is 0. The summed E-state index contributed by atoms with van der Waals surface area (Å²) < 4.78 is 41.3. The number of hydrogen-bond acceptors (Lipinski definition) is 4. The molecule has 22 heavy (non-hydrogen) atoms. The molecule has 8 heteroatoms. The van der Waals surface area contributed by atoms with E-state index in [1.807, 2.05) is 0 Å². The molecule has 0 aliphatic rings. The molecule has 0 aromatic heterocycles. The van der Waals surface area contributed by atoms with Gasteiger partial charge in [-0.05, 0) is 39.3 Å². The molecule has 124 valence electrons. The maximum absolute atomic E-state index is 13.5. The van der Waals surface area contributed by atoms with E-state index in [1.165, 1.54) is 12.1 Å². The van der Waals surface area contributed by atoms with Gasteiger partial charge in [0.2, 0.25) is 0 Å². The number of halogens is 2. The highest BCUT2D eigenvalue weighted by Crippen LogP contribution is 2.33. The Morgan fingerprint density at radius 1 is 1.23 bits per heavy atom. The fraction of sp³-hybridized carbons (Fsp3) is 0.571. The number of alkyl halides is 2. The van der Waals surface area contributed by atoms with Gasteiger partial charge in [0, 0.05) is 36.0 Å². The molecule has 5 nitrogen and oxygen atoms in total. The Kier molecular flexibility index (Phi) is 5.53. The predicted octanol–water partition coefficient (Wildman–Crippen LogP) is 3.82. The summed E-state index contributed by atoms with van der Waals surface area (Å²) in [4.78, 5) is 10.2. The van der Waals surface area contributed by atoms with Crippen LogP contribution >= 0.6 is 0 Å². The van der Waals surface area contributed by atoms with Crippen molar-refractivity contribution in [1.82, 2.24) is 4.72 Å². The molecular formula is C14H20F2N2O3S. The van der Waals surface area contributed by atoms with Crippen molar-refractivity contribution < 1.29 is 18.3 Å². The molecular weight excluding hydrogens is 314 g/mol. The van der Waals surface area contributed by atoms with E-state index in [0.717, 1.165) is 6.07 Å². The maximum Gasteiger partial charge on any atom is 0.270 e. The topological polar surface area (TPSA) is 78.2 Å². The average molecular weight is 334 g/mol. The molecule has 0 saturated heterocycles. The number of nitro benzene ring substituents is 1. The normalized spacial score (nSPS) is 15.5. The highest BCUT2D eigenvalue weighted by Gasteiger charge is 2.31. The van der Waals surface area contributed by atoms with Gasteiger partial charge in [-0.1, -0.05) is 0 Å². The van der Waals surface area contributed by atoms with Crippen molar-refractivity contribution in [1.29, 1.82) is 0 Å². The average Bonchev–Trinajstić information content (AvgIpc) is 2.35. The third-order valence-electron chi connectivity index (χ3n) is 3.00. The molecule has 0 aliphatic carbocycles. The van der Waals surface area contributed by atoms with Crippen molar-refractivity contribution in [3.63, 3.8) is 0 Å². The molecule has 1 aromatic rings. The van der Waals surface area contributed by atoms with Crippen molar-refractivity contribution in [2.75, 3.05) is 0 Å². The highest BCUT2D eigenvalue weighted by molar-refractivity contribution is 7.90. The van der Waals surface area contributed by atoms with E-state index in [2.05, 4.69) is 4.72 Å². The molecule has 0 bridgehead atoms. The molecule has 0 amide bonds. The third-order valence-corrected chi connectivity index (χ3v) is 4.68. The number of hydrogen-bond donors (Lipinski definition) is 1. The van der Waals surface area contributed by atoms with Gasteiger partial charge < -0.3 is 4.55 Å². The number of non-ortho nitro benzene ring substituents is 1. The molecule has 1 aromatic carbocycles. The Morgan fingerprint density at radius 3 is 2.18 bits per heavy atom. The number of nitrogens with zero attached hydrogens (tertiary/aromatic N) is 1. The summed E-state index contributed by atoms with van der Waals surface area (Å²) >= 11 is -1.42. The van der Waals surface area contributed by atoms with E-state index in [-0.39, 0.29) is 0 Å². The molecule has 0 spiro atoms. The van der Waals surface area contributed by atoms with Crippen LogP contribution in [0.2, 0.25) is 0 Å². The minimum Gasteiger partial charge on any atom is -0.598 e. The largest absolute Gasteiger partial charge is 0.598 e. The van der Waals surface area contributed by atoms with Crippen LogP contribution in [0.5, 0.6) is 0 Å². The number of rotatable bonds is 5. The lowest BCUT2D eigenvalue weighted by Crippen LogP contribution is -2.40. The first-order chi connectivity index (χ1) is 9.82. The zero-order chi connectivity index (χ0) is 17.3. The molecule has 1 rings (SSSR count). The van der Waals surface area contributed by atoms with Crippen LogP contribution in [0.1, 0.15) is 51.8 Å². The van der Waals surface area contributed by atoms with Crippen LogP contribution in [0, 0.1) is 10.1 Å². The second-order valence-electron chi connectivity index (χ2n) is 6.18. The van der Waals surface area contributed by atoms with Gasteiger partial charge in [0.25, 0.3) is 11.6 Å². The molecule has 0 saturated carbocycles. The van der Waals surface area contributed by atoms with E-state index >= 15 is 0 Å². The fourth-order valence-electron chi connectivity index (χ4n) is 1.65. The van der Waals surface area contributed by atoms with E-state index in [9.17, 15) is 23.4 Å². The molecule has 0 fully saturated rings. The molecule has 2 atom stereocenters. The minimum atomic E-state index is -3.19. The molecule has 0 radical (unpaired) electrons. The molecule has 1 N–H and O–H groups in total. The summed E-state index contributed by atoms with van der Waals surface area (Å²) in [6, 6.07) is 2.70. The Balaban J connectivity index is 3.18. The second kappa shape index (κ2) is 6.47. The first-order valence-electron chi connectivity index (χ1n) is 6.68. The van der Waals surface area contributed by atoms with Gasteiger partial charge in [0.15, 0.2) is 0 Å². The summed E-state index contributed by atoms with van der Waals surface area (Å²) in [5.41, 5.74) is -0.556. The van der Waals surface area contributed by atoms with Crippen molar-refractivity contribution in [2.45, 2.75) is 51.3 Å². The Hall–Kier alpha value is -1.25. The van der Waals surface area contributed by atoms with Crippen LogP contribution in [0.25, 0.3) is 0 Å². The van der Waals surface area contributed by atoms with Crippen LogP contribution in [-0.4, -0.2) is 14.2 Å². The number of nitro groups is 1. The first-order valence-corrected chi connectivity index (χ1v) is 7.83. The quantitative estimate of drug-likeness (QED) is 0.504. The maximum atomic E-state index is 13.5. The van der Waals surface area contributed by atoms with Gasteiger partial charge in [0.05, 0.1) is 11.0 Å². The van der Waals surface area contributed by atoms with Gasteiger partial charge in [-0.2, -0.15) is 0 Å². The smallest absolute Gasteiger partial charge is 0.270 e. The highest BCUT2D eigenvalue weighted by atomic mass is 32.2. The Labute approximate surface area is 131 Å². The van der Waals surface area contributed by atoms with Crippen LogP contribution in [0.4, 0.5) is 14.5 Å². The SMILES string of the molecule is C[C@@H](N[S@+]([O-])C(C)(C)C)c1cc([N+](=O)[O-])cc(C(C)(F)F)c1. The first kappa shape index (κ1) is 18.8. The number of nitrogens with one attached hydrogen (secondary N) is 1. The van der Waals surface area contributed by atoms with Gasteiger partial charge >= 0.3 is 0 Å². The lowest BCUT2D eigenvalue weighted by molar-refractivity contribution is -0.385. The lowest BCUT2D eigenvalue weighted by Gasteiger charge is -2.26. The monoisotopic (exact) mass is 334 g/mol. The standard InChI is InChI=1S/C14H20F2N2O3S/c1-9(17-22(21)13(2,3)4)10-6-11(14(5,15)16)8-12(7-10)18(19)20/h6-9,17H,1-5H3/t9-,22-/m1/s1. The molecule has 0 unspecified atom stereocenters. The summed E-state index contributed by atoms with van der Waals surface area (Å²) in [6.45, 7) is 7.60. The van der Waals surface area contributed by atoms with E-state index < -0.39 is 44.2 Å². The zero-order valence-electron chi connectivity index (χ0n) is 13.1. The van der Waals surface area contributed by atoms with Gasteiger partial charge in [-0.25, -0.2) is 8.78 Å². The van der Waals surface area contributed by atoms with Crippen LogP contribution < -0.4 is 4.72 Å². The van der Waals surface area contributed by atoms with Gasteiger partial charge in [0.1, 0.15) is 4.75 Å². The second-order valence-corrected chi connectivity index (χ2v) is 8.18. The van der Waals surface area contributed by atoms with Crippen molar-refractivity contribution in [2.24, 2.45) is 0 Å². The van der Waals surface area contributed by atoms with E-state index in [4.69, 9.17) is 0 Å². The van der Waals surface area contributed by atoms with Crippen LogP contribution in [0.3, 0.4) is 0 Å². The summed E-state index contributed by atoms with van der Waals surface area (Å²) in [5.74, 6) is -3.19. The van der Waals surface area contributed by atoms with Gasteiger partial charge in [-0.15, -0.1) is 4.72 Å². The summed E-state index contributed by atoms with van der Waals surface area (Å²) in [5, 5.41) is 10.9. The van der Waals surface area contributed by atoms with Gasteiger partial charge in [-0.3, -0.25) is 10.1 Å². The van der Waals surface area contributed by atoms with Crippen LogP contribution in [0.15, 0.2) is 18.2 Å². The van der Waals surface area contributed by atoms with Crippen molar-refractivity contribution in [3.05, 3.63) is 39.4 Å². The molecule has 0 heterocycles. The predicted molar refractivity (Wildman–Crippen MR) is 82.1 cm³/mol. The van der Waals surface area contributed by atoms with Crippen molar-refractivity contribution >= 4 is 17.0 Å². The Morgan fingerprint density at radius 2 is 1.77 bits per heavy atom. The lowest BCUT2D eigenvalue weighted by atomic mass is 10.0. The van der Waals surface area contributed by atoms with E-state index in [0.29, 0.717) is 12.5 Å². The minimum absolute atomic E-state index is 0.295. The van der Waals surface area contributed by atoms with Crippen LogP contribution in [-0.2, 0) is 17.3 Å². The Bertz CT molecular complexity index is 556. The zero-order valence-corrected chi connectivity index (χ0v) is 14.0. The third kappa shape index (κ3) is 4.89. The summed E-state index contributed by atoms with van der Waals surface area (Å²) in [7, 11) is 0. The fourth-order valence-corrected chi connectivity index (χ4v) is 2.46. The number of benzene rings is 1. The van der Waals surface area contributed by atoms with Crippen molar-refractivity contribution in [3.8, 4) is 0 Å².